The molecule has 0 aromatic heterocycles. The van der Waals surface area contributed by atoms with Crippen molar-refractivity contribution in [3.05, 3.63) is 63.2 Å². The lowest BCUT2D eigenvalue weighted by atomic mass is 10.2. The number of benzene rings is 2. The summed E-state index contributed by atoms with van der Waals surface area (Å²) in [5.74, 6) is 0. The number of nitro groups is 1. The van der Waals surface area contributed by atoms with Crippen LogP contribution in [0.4, 0.5) is 17.1 Å². The zero-order chi connectivity index (χ0) is 16.9. The fourth-order valence-corrected chi connectivity index (χ4v) is 2.92. The van der Waals surface area contributed by atoms with E-state index in [0.717, 1.165) is 43.2 Å². The molecule has 1 heterocycles. The number of nitrogens with zero attached hydrogens (tertiary/aromatic N) is 2. The van der Waals surface area contributed by atoms with E-state index in [1.165, 1.54) is 12.1 Å². The molecular formula is C17H18ClN3O3. The first kappa shape index (κ1) is 16.5. The molecule has 1 aliphatic heterocycles. The highest BCUT2D eigenvalue weighted by Crippen LogP contribution is 2.29. The molecule has 1 fully saturated rings. The van der Waals surface area contributed by atoms with Crippen molar-refractivity contribution in [1.82, 2.24) is 0 Å². The fraction of sp³-hybridized carbons (Fsp3) is 0.294. The number of anilines is 2. The maximum absolute atomic E-state index is 10.7. The highest BCUT2D eigenvalue weighted by molar-refractivity contribution is 6.33. The molecule has 0 atom stereocenters. The van der Waals surface area contributed by atoms with Crippen LogP contribution < -0.4 is 10.2 Å². The molecule has 1 aliphatic rings. The van der Waals surface area contributed by atoms with Gasteiger partial charge in [0.2, 0.25) is 0 Å². The standard InChI is InChI=1S/C17H18ClN3O3/c18-16-11-14(3-6-17(16)20-7-9-24-10-8-20)19-12-13-1-4-15(5-2-13)21(22)23/h1-6,11,19H,7-10,12H2. The number of halogens is 1. The number of ether oxygens (including phenoxy) is 1. The Bertz CT molecular complexity index is 716. The average Bonchev–Trinajstić information content (AvgIpc) is 2.61. The second-order valence-electron chi connectivity index (χ2n) is 5.54. The van der Waals surface area contributed by atoms with Crippen molar-refractivity contribution in [2.75, 3.05) is 36.5 Å². The Morgan fingerprint density at radius 3 is 2.50 bits per heavy atom. The van der Waals surface area contributed by atoms with Gasteiger partial charge in [0.1, 0.15) is 0 Å². The van der Waals surface area contributed by atoms with Crippen LogP contribution in [0.1, 0.15) is 5.56 Å². The predicted molar refractivity (Wildman–Crippen MR) is 94.9 cm³/mol. The molecule has 1 N–H and O–H groups in total. The normalized spacial score (nSPS) is 14.5. The Morgan fingerprint density at radius 2 is 1.88 bits per heavy atom. The van der Waals surface area contributed by atoms with Gasteiger partial charge in [-0.05, 0) is 23.8 Å². The third-order valence-corrected chi connectivity index (χ3v) is 4.25. The number of rotatable bonds is 5. The number of hydrogen-bond donors (Lipinski definition) is 1. The molecule has 0 spiro atoms. The van der Waals surface area contributed by atoms with Gasteiger partial charge in [-0.2, -0.15) is 0 Å². The Balaban J connectivity index is 1.63. The largest absolute Gasteiger partial charge is 0.381 e. The molecule has 1 saturated heterocycles. The van der Waals surface area contributed by atoms with Crippen LogP contribution in [0.25, 0.3) is 0 Å². The second kappa shape index (κ2) is 7.51. The molecule has 2 aromatic carbocycles. The van der Waals surface area contributed by atoms with Crippen molar-refractivity contribution in [3.8, 4) is 0 Å². The van der Waals surface area contributed by atoms with Crippen LogP contribution in [-0.2, 0) is 11.3 Å². The van der Waals surface area contributed by atoms with Crippen molar-refractivity contribution in [3.63, 3.8) is 0 Å². The summed E-state index contributed by atoms with van der Waals surface area (Å²) < 4.78 is 5.36. The molecular weight excluding hydrogens is 330 g/mol. The summed E-state index contributed by atoms with van der Waals surface area (Å²) in [5, 5.41) is 14.6. The van der Waals surface area contributed by atoms with Crippen LogP contribution in [-0.4, -0.2) is 31.2 Å². The van der Waals surface area contributed by atoms with Gasteiger partial charge >= 0.3 is 0 Å². The number of hydrogen-bond acceptors (Lipinski definition) is 5. The Morgan fingerprint density at radius 1 is 1.17 bits per heavy atom. The predicted octanol–water partition coefficient (Wildman–Crippen LogP) is 3.70. The van der Waals surface area contributed by atoms with E-state index < -0.39 is 4.92 Å². The van der Waals surface area contributed by atoms with E-state index in [1.807, 2.05) is 18.2 Å². The van der Waals surface area contributed by atoms with Crippen molar-refractivity contribution < 1.29 is 9.66 Å². The van der Waals surface area contributed by atoms with Crippen molar-refractivity contribution in [2.24, 2.45) is 0 Å². The van der Waals surface area contributed by atoms with Crippen LogP contribution >= 0.6 is 11.6 Å². The topological polar surface area (TPSA) is 67.6 Å². The minimum absolute atomic E-state index is 0.0941. The maximum atomic E-state index is 10.7. The molecule has 2 aromatic rings. The van der Waals surface area contributed by atoms with Gasteiger partial charge in [0.05, 0.1) is 28.8 Å². The summed E-state index contributed by atoms with van der Waals surface area (Å²) in [7, 11) is 0. The van der Waals surface area contributed by atoms with Crippen molar-refractivity contribution in [2.45, 2.75) is 6.54 Å². The maximum Gasteiger partial charge on any atom is 0.269 e. The van der Waals surface area contributed by atoms with Crippen LogP contribution in [0, 0.1) is 10.1 Å². The van der Waals surface area contributed by atoms with E-state index in [1.54, 1.807) is 12.1 Å². The van der Waals surface area contributed by atoms with Crippen LogP contribution in [0.5, 0.6) is 0 Å². The van der Waals surface area contributed by atoms with Gasteiger partial charge in [0.25, 0.3) is 5.69 Å². The summed E-state index contributed by atoms with van der Waals surface area (Å²) in [6.45, 7) is 3.70. The summed E-state index contributed by atoms with van der Waals surface area (Å²) in [6, 6.07) is 12.4. The monoisotopic (exact) mass is 347 g/mol. The molecule has 0 amide bonds. The lowest BCUT2D eigenvalue weighted by Gasteiger charge is -2.29. The van der Waals surface area contributed by atoms with Gasteiger partial charge in [0.15, 0.2) is 0 Å². The molecule has 0 saturated carbocycles. The van der Waals surface area contributed by atoms with E-state index in [2.05, 4.69) is 10.2 Å². The summed E-state index contributed by atoms with van der Waals surface area (Å²) in [6.07, 6.45) is 0. The Kier molecular flexibility index (Phi) is 5.17. The van der Waals surface area contributed by atoms with Gasteiger partial charge in [-0.15, -0.1) is 0 Å². The number of nitro benzene ring substituents is 1. The lowest BCUT2D eigenvalue weighted by molar-refractivity contribution is -0.384. The summed E-state index contributed by atoms with van der Waals surface area (Å²) in [4.78, 5) is 12.5. The Labute approximate surface area is 145 Å². The molecule has 3 rings (SSSR count). The molecule has 0 radical (unpaired) electrons. The molecule has 126 valence electrons. The SMILES string of the molecule is O=[N+]([O-])c1ccc(CNc2ccc(N3CCOCC3)c(Cl)c2)cc1. The zero-order valence-electron chi connectivity index (χ0n) is 13.1. The molecule has 24 heavy (non-hydrogen) atoms. The van der Waals surface area contributed by atoms with Gasteiger partial charge in [-0.3, -0.25) is 10.1 Å². The molecule has 0 bridgehead atoms. The summed E-state index contributed by atoms with van der Waals surface area (Å²) in [5.41, 5.74) is 2.99. The molecule has 7 heteroatoms. The molecule has 6 nitrogen and oxygen atoms in total. The summed E-state index contributed by atoms with van der Waals surface area (Å²) >= 11 is 6.40. The molecule has 0 aliphatic carbocycles. The second-order valence-corrected chi connectivity index (χ2v) is 5.95. The third kappa shape index (κ3) is 3.96. The van der Waals surface area contributed by atoms with Crippen LogP contribution in [0.3, 0.4) is 0 Å². The van der Waals surface area contributed by atoms with E-state index >= 15 is 0 Å². The minimum atomic E-state index is -0.401. The van der Waals surface area contributed by atoms with Crippen LogP contribution in [0.2, 0.25) is 5.02 Å². The van der Waals surface area contributed by atoms with E-state index in [4.69, 9.17) is 16.3 Å². The fourth-order valence-electron chi connectivity index (χ4n) is 2.62. The zero-order valence-corrected chi connectivity index (χ0v) is 13.8. The van der Waals surface area contributed by atoms with E-state index in [9.17, 15) is 10.1 Å². The van der Waals surface area contributed by atoms with E-state index in [0.29, 0.717) is 11.6 Å². The van der Waals surface area contributed by atoms with Gasteiger partial charge in [-0.1, -0.05) is 23.7 Å². The van der Waals surface area contributed by atoms with Gasteiger partial charge in [0, 0.05) is 37.5 Å². The van der Waals surface area contributed by atoms with E-state index in [-0.39, 0.29) is 5.69 Å². The molecule has 0 unspecified atom stereocenters. The smallest absolute Gasteiger partial charge is 0.269 e. The highest BCUT2D eigenvalue weighted by atomic mass is 35.5. The van der Waals surface area contributed by atoms with Gasteiger partial charge in [-0.25, -0.2) is 0 Å². The van der Waals surface area contributed by atoms with Crippen molar-refractivity contribution in [1.29, 1.82) is 0 Å². The minimum Gasteiger partial charge on any atom is -0.381 e. The van der Waals surface area contributed by atoms with Crippen LogP contribution in [0.15, 0.2) is 42.5 Å². The average molecular weight is 348 g/mol. The number of morpholine rings is 1. The first-order valence-corrected chi connectivity index (χ1v) is 8.11. The number of non-ortho nitro benzene ring substituents is 1. The Hall–Kier alpha value is -2.31. The van der Waals surface area contributed by atoms with Gasteiger partial charge < -0.3 is 15.0 Å². The first-order chi connectivity index (χ1) is 11.6. The highest BCUT2D eigenvalue weighted by Gasteiger charge is 2.14. The quantitative estimate of drug-likeness (QED) is 0.660. The third-order valence-electron chi connectivity index (χ3n) is 3.94. The lowest BCUT2D eigenvalue weighted by Crippen LogP contribution is -2.36. The van der Waals surface area contributed by atoms with Crippen molar-refractivity contribution >= 4 is 28.7 Å². The first-order valence-electron chi connectivity index (χ1n) is 7.73. The number of nitrogens with one attached hydrogen (secondary N) is 1.